The molecular weight excluding hydrogens is 254 g/mol. The second-order valence-corrected chi connectivity index (χ2v) is 5.83. The quantitative estimate of drug-likeness (QED) is 0.869. The number of carboxylic acid groups (broad SMARTS) is 1. The van der Waals surface area contributed by atoms with Crippen molar-refractivity contribution < 1.29 is 14.7 Å². The molecule has 18 heavy (non-hydrogen) atoms. The SMILES string of the molecule is Cc1nnc(NC(=O)CC2(C(=O)O)CCCC2)s1. The second kappa shape index (κ2) is 5.01. The van der Waals surface area contributed by atoms with Crippen LogP contribution in [0.25, 0.3) is 0 Å². The number of carboxylic acids is 1. The Morgan fingerprint density at radius 2 is 2.06 bits per heavy atom. The van der Waals surface area contributed by atoms with Gasteiger partial charge in [-0.25, -0.2) is 0 Å². The first-order valence-corrected chi connectivity index (χ1v) is 6.67. The Balaban J connectivity index is 1.99. The predicted molar refractivity (Wildman–Crippen MR) is 66.4 cm³/mol. The van der Waals surface area contributed by atoms with Crippen LogP contribution in [0.1, 0.15) is 37.1 Å². The summed E-state index contributed by atoms with van der Waals surface area (Å²) < 4.78 is 0. The number of amides is 1. The Hall–Kier alpha value is -1.50. The van der Waals surface area contributed by atoms with E-state index in [1.54, 1.807) is 6.92 Å². The van der Waals surface area contributed by atoms with Gasteiger partial charge in [-0.15, -0.1) is 10.2 Å². The van der Waals surface area contributed by atoms with Crippen LogP contribution in [0.3, 0.4) is 0 Å². The van der Waals surface area contributed by atoms with E-state index in [1.807, 2.05) is 0 Å². The lowest BCUT2D eigenvalue weighted by Crippen LogP contribution is -2.32. The monoisotopic (exact) mass is 269 g/mol. The van der Waals surface area contributed by atoms with E-state index in [4.69, 9.17) is 0 Å². The molecule has 0 bridgehead atoms. The molecule has 1 aromatic rings. The van der Waals surface area contributed by atoms with Crippen molar-refractivity contribution in [2.45, 2.75) is 39.0 Å². The van der Waals surface area contributed by atoms with Gasteiger partial charge in [0.25, 0.3) is 0 Å². The number of aliphatic carboxylic acids is 1. The first-order chi connectivity index (χ1) is 8.52. The van der Waals surface area contributed by atoms with Gasteiger partial charge in [-0.05, 0) is 19.8 Å². The fourth-order valence-electron chi connectivity index (χ4n) is 2.34. The van der Waals surface area contributed by atoms with E-state index in [0.29, 0.717) is 18.0 Å². The van der Waals surface area contributed by atoms with Crippen LogP contribution in [-0.4, -0.2) is 27.2 Å². The number of aryl methyl sites for hydroxylation is 1. The highest BCUT2D eigenvalue weighted by Crippen LogP contribution is 2.41. The summed E-state index contributed by atoms with van der Waals surface area (Å²) in [5.74, 6) is -1.17. The van der Waals surface area contributed by atoms with Crippen LogP contribution >= 0.6 is 11.3 Å². The average molecular weight is 269 g/mol. The number of carbonyl (C=O) groups is 2. The molecule has 1 saturated carbocycles. The molecular formula is C11H15N3O3S. The van der Waals surface area contributed by atoms with E-state index in [0.717, 1.165) is 17.8 Å². The van der Waals surface area contributed by atoms with Crippen molar-refractivity contribution in [2.75, 3.05) is 5.32 Å². The molecule has 0 radical (unpaired) electrons. The molecule has 2 N–H and O–H groups in total. The number of hydrogen-bond donors (Lipinski definition) is 2. The molecule has 1 aromatic heterocycles. The van der Waals surface area contributed by atoms with Gasteiger partial charge in [0, 0.05) is 6.42 Å². The highest BCUT2D eigenvalue weighted by atomic mass is 32.1. The van der Waals surface area contributed by atoms with Crippen LogP contribution in [0.2, 0.25) is 0 Å². The summed E-state index contributed by atoms with van der Waals surface area (Å²) in [4.78, 5) is 23.2. The highest BCUT2D eigenvalue weighted by Gasteiger charge is 2.43. The molecule has 0 unspecified atom stereocenters. The van der Waals surface area contributed by atoms with Crippen molar-refractivity contribution in [3.05, 3.63) is 5.01 Å². The molecule has 0 aliphatic heterocycles. The summed E-state index contributed by atoms with van der Waals surface area (Å²) in [6.45, 7) is 1.79. The van der Waals surface area contributed by atoms with Crippen LogP contribution in [-0.2, 0) is 9.59 Å². The Morgan fingerprint density at radius 1 is 1.39 bits per heavy atom. The lowest BCUT2D eigenvalue weighted by molar-refractivity contribution is -0.150. The van der Waals surface area contributed by atoms with E-state index < -0.39 is 11.4 Å². The maximum Gasteiger partial charge on any atom is 0.310 e. The van der Waals surface area contributed by atoms with Gasteiger partial charge in [0.05, 0.1) is 5.41 Å². The van der Waals surface area contributed by atoms with Crippen LogP contribution in [0, 0.1) is 12.3 Å². The van der Waals surface area contributed by atoms with Gasteiger partial charge < -0.3 is 10.4 Å². The Labute approximate surface area is 108 Å². The van der Waals surface area contributed by atoms with Crippen LogP contribution < -0.4 is 5.32 Å². The van der Waals surface area contributed by atoms with E-state index in [9.17, 15) is 14.7 Å². The summed E-state index contributed by atoms with van der Waals surface area (Å²) in [5.41, 5.74) is -0.885. The molecule has 1 amide bonds. The van der Waals surface area contributed by atoms with E-state index in [2.05, 4.69) is 15.5 Å². The molecule has 1 fully saturated rings. The number of rotatable bonds is 4. The van der Waals surface area contributed by atoms with E-state index in [1.165, 1.54) is 11.3 Å². The lowest BCUT2D eigenvalue weighted by atomic mass is 9.82. The predicted octanol–water partition coefficient (Wildman–Crippen LogP) is 1.82. The molecule has 98 valence electrons. The van der Waals surface area contributed by atoms with E-state index in [-0.39, 0.29) is 12.3 Å². The van der Waals surface area contributed by atoms with Crippen molar-refractivity contribution in [3.63, 3.8) is 0 Å². The van der Waals surface area contributed by atoms with Crippen molar-refractivity contribution in [3.8, 4) is 0 Å². The van der Waals surface area contributed by atoms with Crippen molar-refractivity contribution in [1.29, 1.82) is 0 Å². The smallest absolute Gasteiger partial charge is 0.310 e. The molecule has 7 heteroatoms. The third-order valence-corrected chi connectivity index (χ3v) is 4.04. The normalized spacial score (nSPS) is 17.6. The van der Waals surface area contributed by atoms with Crippen LogP contribution in [0.15, 0.2) is 0 Å². The number of nitrogens with zero attached hydrogens (tertiary/aromatic N) is 2. The fourth-order valence-corrected chi connectivity index (χ4v) is 2.94. The molecule has 2 rings (SSSR count). The van der Waals surface area contributed by atoms with Gasteiger partial charge in [-0.2, -0.15) is 0 Å². The second-order valence-electron chi connectivity index (χ2n) is 4.64. The summed E-state index contributed by atoms with van der Waals surface area (Å²) in [6.07, 6.45) is 2.91. The van der Waals surface area contributed by atoms with Gasteiger partial charge in [0.1, 0.15) is 5.01 Å². The zero-order valence-electron chi connectivity index (χ0n) is 10.1. The molecule has 1 aliphatic carbocycles. The van der Waals surface area contributed by atoms with Gasteiger partial charge in [0.15, 0.2) is 0 Å². The third kappa shape index (κ3) is 2.66. The maximum absolute atomic E-state index is 11.9. The van der Waals surface area contributed by atoms with Gasteiger partial charge >= 0.3 is 5.97 Å². The van der Waals surface area contributed by atoms with Crippen LogP contribution in [0.5, 0.6) is 0 Å². The Kier molecular flexibility index (Phi) is 3.60. The molecule has 1 aliphatic rings. The molecule has 0 aromatic carbocycles. The summed E-state index contributed by atoms with van der Waals surface area (Å²) in [5, 5.41) is 20.7. The minimum absolute atomic E-state index is 0.0148. The summed E-state index contributed by atoms with van der Waals surface area (Å²) >= 11 is 1.28. The molecule has 1 heterocycles. The van der Waals surface area contributed by atoms with Gasteiger partial charge in [-0.1, -0.05) is 24.2 Å². The number of anilines is 1. The summed E-state index contributed by atoms with van der Waals surface area (Å²) in [6, 6.07) is 0. The third-order valence-electron chi connectivity index (χ3n) is 3.29. The van der Waals surface area contributed by atoms with Crippen LogP contribution in [0.4, 0.5) is 5.13 Å². The number of aromatic nitrogens is 2. The number of hydrogen-bond acceptors (Lipinski definition) is 5. The summed E-state index contributed by atoms with van der Waals surface area (Å²) in [7, 11) is 0. The van der Waals surface area contributed by atoms with E-state index >= 15 is 0 Å². The first kappa shape index (κ1) is 12.9. The van der Waals surface area contributed by atoms with Gasteiger partial charge in [0.2, 0.25) is 11.0 Å². The Bertz CT molecular complexity index is 466. The largest absolute Gasteiger partial charge is 0.481 e. The molecule has 6 nitrogen and oxygen atoms in total. The first-order valence-electron chi connectivity index (χ1n) is 5.85. The minimum Gasteiger partial charge on any atom is -0.481 e. The lowest BCUT2D eigenvalue weighted by Gasteiger charge is -2.22. The molecule has 0 atom stereocenters. The van der Waals surface area contributed by atoms with Gasteiger partial charge in [-0.3, -0.25) is 9.59 Å². The van der Waals surface area contributed by atoms with Crippen molar-refractivity contribution in [2.24, 2.45) is 5.41 Å². The molecule has 0 saturated heterocycles. The number of nitrogens with one attached hydrogen (secondary N) is 1. The average Bonchev–Trinajstić information content (AvgIpc) is 2.89. The molecule has 0 spiro atoms. The Morgan fingerprint density at radius 3 is 2.56 bits per heavy atom. The standard InChI is InChI=1S/C11H15N3O3S/c1-7-13-14-10(18-7)12-8(15)6-11(9(16)17)4-2-3-5-11/h2-6H2,1H3,(H,16,17)(H,12,14,15). The maximum atomic E-state index is 11.9. The van der Waals surface area contributed by atoms with Crippen molar-refractivity contribution >= 4 is 28.3 Å². The number of carbonyl (C=O) groups excluding carboxylic acids is 1. The highest BCUT2D eigenvalue weighted by molar-refractivity contribution is 7.15. The minimum atomic E-state index is -0.885. The zero-order valence-corrected chi connectivity index (χ0v) is 10.9. The zero-order chi connectivity index (χ0) is 13.2. The fraction of sp³-hybridized carbons (Fsp3) is 0.636. The topological polar surface area (TPSA) is 92.2 Å². The van der Waals surface area contributed by atoms with Crippen molar-refractivity contribution in [1.82, 2.24) is 10.2 Å².